The summed E-state index contributed by atoms with van der Waals surface area (Å²) in [5.41, 5.74) is 0.897. The van der Waals surface area contributed by atoms with Crippen molar-refractivity contribution >= 4 is 12.0 Å². The lowest BCUT2D eigenvalue weighted by atomic mass is 10.2. The number of hydrogen-bond donors (Lipinski definition) is 1. The molecule has 4 heteroatoms. The number of carbonyl (C=O) groups excluding carboxylic acids is 1. The number of nitrogens with one attached hydrogen (secondary N) is 1. The van der Waals surface area contributed by atoms with Gasteiger partial charge in [-0.3, -0.25) is 4.79 Å². The number of nitrogens with zero attached hydrogens (tertiary/aromatic N) is 1. The van der Waals surface area contributed by atoms with E-state index in [0.717, 1.165) is 30.9 Å². The first-order valence-electron chi connectivity index (χ1n) is 7.02. The van der Waals surface area contributed by atoms with Crippen LogP contribution in [0.15, 0.2) is 30.3 Å². The van der Waals surface area contributed by atoms with Gasteiger partial charge in [0.05, 0.1) is 7.11 Å². The Kier molecular flexibility index (Phi) is 7.43. The Morgan fingerprint density at radius 3 is 2.65 bits per heavy atom. The fraction of sp³-hybridized carbons (Fsp3) is 0.438. The molecule has 0 saturated heterocycles. The van der Waals surface area contributed by atoms with Gasteiger partial charge in [0.25, 0.3) is 0 Å². The molecule has 0 atom stereocenters. The minimum Gasteiger partial charge on any atom is -0.496 e. The van der Waals surface area contributed by atoms with E-state index in [-0.39, 0.29) is 5.91 Å². The summed E-state index contributed by atoms with van der Waals surface area (Å²) in [6.45, 7) is 7.78. The number of hydrogen-bond acceptors (Lipinski definition) is 3. The van der Waals surface area contributed by atoms with Gasteiger partial charge in [0.2, 0.25) is 5.91 Å². The number of carbonyl (C=O) groups is 1. The Hall–Kier alpha value is -1.81. The zero-order chi connectivity index (χ0) is 14.8. The number of benzene rings is 1. The maximum Gasteiger partial charge on any atom is 0.244 e. The van der Waals surface area contributed by atoms with Crippen LogP contribution < -0.4 is 10.1 Å². The second-order valence-corrected chi connectivity index (χ2v) is 4.39. The zero-order valence-electron chi connectivity index (χ0n) is 12.6. The largest absolute Gasteiger partial charge is 0.496 e. The van der Waals surface area contributed by atoms with Crippen LogP contribution in [0.25, 0.3) is 6.08 Å². The molecule has 0 spiro atoms. The van der Waals surface area contributed by atoms with Crippen molar-refractivity contribution in [2.45, 2.75) is 13.8 Å². The van der Waals surface area contributed by atoms with Crippen molar-refractivity contribution in [3.05, 3.63) is 35.9 Å². The van der Waals surface area contributed by atoms with Crippen LogP contribution >= 0.6 is 0 Å². The summed E-state index contributed by atoms with van der Waals surface area (Å²) in [7, 11) is 1.62. The van der Waals surface area contributed by atoms with Gasteiger partial charge in [0.15, 0.2) is 0 Å². The van der Waals surface area contributed by atoms with Crippen molar-refractivity contribution in [2.75, 3.05) is 33.3 Å². The van der Waals surface area contributed by atoms with Gasteiger partial charge in [-0.15, -0.1) is 0 Å². The molecule has 0 bridgehead atoms. The summed E-state index contributed by atoms with van der Waals surface area (Å²) in [6, 6.07) is 7.61. The van der Waals surface area contributed by atoms with E-state index in [1.807, 2.05) is 24.3 Å². The van der Waals surface area contributed by atoms with Crippen molar-refractivity contribution in [3.63, 3.8) is 0 Å². The molecular formula is C16H24N2O2. The van der Waals surface area contributed by atoms with Crippen molar-refractivity contribution in [2.24, 2.45) is 0 Å². The summed E-state index contributed by atoms with van der Waals surface area (Å²) >= 11 is 0. The fourth-order valence-corrected chi connectivity index (χ4v) is 1.91. The van der Waals surface area contributed by atoms with Gasteiger partial charge in [0.1, 0.15) is 5.75 Å². The zero-order valence-corrected chi connectivity index (χ0v) is 12.6. The van der Waals surface area contributed by atoms with E-state index in [9.17, 15) is 4.79 Å². The molecule has 1 aromatic carbocycles. The Balaban J connectivity index is 2.43. The van der Waals surface area contributed by atoms with Crippen LogP contribution in [0.1, 0.15) is 19.4 Å². The minimum atomic E-state index is -0.0805. The molecule has 1 aromatic rings. The number of ether oxygens (including phenoxy) is 1. The van der Waals surface area contributed by atoms with Crippen LogP contribution in [-0.4, -0.2) is 44.1 Å². The molecule has 1 rings (SSSR count). The van der Waals surface area contributed by atoms with Crippen molar-refractivity contribution in [1.82, 2.24) is 10.2 Å². The smallest absolute Gasteiger partial charge is 0.244 e. The van der Waals surface area contributed by atoms with E-state index in [1.165, 1.54) is 0 Å². The van der Waals surface area contributed by atoms with Gasteiger partial charge < -0.3 is 15.0 Å². The van der Waals surface area contributed by atoms with Crippen LogP contribution in [0.4, 0.5) is 0 Å². The van der Waals surface area contributed by atoms with Crippen molar-refractivity contribution in [3.8, 4) is 5.75 Å². The average Bonchev–Trinajstić information content (AvgIpc) is 2.49. The first kappa shape index (κ1) is 16.2. The molecule has 0 heterocycles. The van der Waals surface area contributed by atoms with Gasteiger partial charge in [-0.25, -0.2) is 0 Å². The predicted octanol–water partition coefficient (Wildman–Crippen LogP) is 2.17. The van der Waals surface area contributed by atoms with Crippen LogP contribution in [0.2, 0.25) is 0 Å². The second kappa shape index (κ2) is 9.15. The number of para-hydroxylation sites is 1. The Bertz CT molecular complexity index is 440. The summed E-state index contributed by atoms with van der Waals surface area (Å²) in [6.07, 6.45) is 3.31. The van der Waals surface area contributed by atoms with Gasteiger partial charge in [-0.2, -0.15) is 0 Å². The van der Waals surface area contributed by atoms with Crippen molar-refractivity contribution in [1.29, 1.82) is 0 Å². The molecule has 4 nitrogen and oxygen atoms in total. The lowest BCUT2D eigenvalue weighted by molar-refractivity contribution is -0.116. The standard InChI is InChI=1S/C16H24N2O2/c1-4-18(5-2)13-12-17-16(19)11-10-14-8-6-7-9-15(14)20-3/h6-11H,4-5,12-13H2,1-3H3,(H,17,19)/b11-10+. The van der Waals surface area contributed by atoms with E-state index in [0.29, 0.717) is 6.54 Å². The highest BCUT2D eigenvalue weighted by Gasteiger charge is 2.01. The summed E-state index contributed by atoms with van der Waals surface area (Å²) < 4.78 is 5.23. The summed E-state index contributed by atoms with van der Waals surface area (Å²) in [4.78, 5) is 14.0. The molecule has 0 aliphatic rings. The lowest BCUT2D eigenvalue weighted by Crippen LogP contribution is -2.34. The first-order chi connectivity index (χ1) is 9.71. The molecule has 0 saturated carbocycles. The quantitative estimate of drug-likeness (QED) is 0.740. The van der Waals surface area contributed by atoms with Gasteiger partial charge in [0, 0.05) is 24.7 Å². The third-order valence-corrected chi connectivity index (χ3v) is 3.17. The van der Waals surface area contributed by atoms with Crippen LogP contribution in [-0.2, 0) is 4.79 Å². The second-order valence-electron chi connectivity index (χ2n) is 4.39. The molecule has 1 N–H and O–H groups in total. The van der Waals surface area contributed by atoms with Gasteiger partial charge >= 0.3 is 0 Å². The highest BCUT2D eigenvalue weighted by molar-refractivity contribution is 5.92. The molecule has 0 aromatic heterocycles. The average molecular weight is 276 g/mol. The Morgan fingerprint density at radius 1 is 1.30 bits per heavy atom. The van der Waals surface area contributed by atoms with Crippen LogP contribution in [0.3, 0.4) is 0 Å². The fourth-order valence-electron chi connectivity index (χ4n) is 1.91. The molecule has 0 fully saturated rings. The van der Waals surface area contributed by atoms with Crippen LogP contribution in [0.5, 0.6) is 5.75 Å². The Morgan fingerprint density at radius 2 is 2.00 bits per heavy atom. The summed E-state index contributed by atoms with van der Waals surface area (Å²) in [5, 5.41) is 2.88. The third-order valence-electron chi connectivity index (χ3n) is 3.17. The maximum absolute atomic E-state index is 11.7. The highest BCUT2D eigenvalue weighted by Crippen LogP contribution is 2.18. The number of methoxy groups -OCH3 is 1. The monoisotopic (exact) mass is 276 g/mol. The van der Waals surface area contributed by atoms with Crippen molar-refractivity contribution < 1.29 is 9.53 Å². The molecule has 0 aliphatic carbocycles. The van der Waals surface area contributed by atoms with E-state index < -0.39 is 0 Å². The third kappa shape index (κ3) is 5.45. The maximum atomic E-state index is 11.7. The number of likely N-dealkylation sites (N-methyl/N-ethyl adjacent to an activating group) is 1. The molecular weight excluding hydrogens is 252 g/mol. The van der Waals surface area contributed by atoms with Crippen LogP contribution in [0, 0.1) is 0 Å². The molecule has 1 amide bonds. The van der Waals surface area contributed by atoms with E-state index in [2.05, 4.69) is 24.1 Å². The molecule has 20 heavy (non-hydrogen) atoms. The topological polar surface area (TPSA) is 41.6 Å². The Labute approximate surface area is 121 Å². The summed E-state index contributed by atoms with van der Waals surface area (Å²) in [5.74, 6) is 0.683. The van der Waals surface area contributed by atoms with Gasteiger partial charge in [-0.1, -0.05) is 32.0 Å². The predicted molar refractivity (Wildman–Crippen MR) is 82.8 cm³/mol. The minimum absolute atomic E-state index is 0.0805. The van der Waals surface area contributed by atoms with Gasteiger partial charge in [-0.05, 0) is 25.2 Å². The molecule has 110 valence electrons. The lowest BCUT2D eigenvalue weighted by Gasteiger charge is -2.17. The first-order valence-corrected chi connectivity index (χ1v) is 7.02. The number of rotatable bonds is 8. The number of amides is 1. The van der Waals surface area contributed by atoms with E-state index in [1.54, 1.807) is 19.3 Å². The highest BCUT2D eigenvalue weighted by atomic mass is 16.5. The molecule has 0 unspecified atom stereocenters. The normalized spacial score (nSPS) is 11.0. The SMILES string of the molecule is CCN(CC)CCNC(=O)/C=C/c1ccccc1OC. The molecule has 0 radical (unpaired) electrons. The van der Waals surface area contributed by atoms with E-state index in [4.69, 9.17) is 4.74 Å². The molecule has 0 aliphatic heterocycles. The van der Waals surface area contributed by atoms with E-state index >= 15 is 0 Å².